The quantitative estimate of drug-likeness (QED) is 0.795. The molecule has 3 N–H and O–H groups in total. The summed E-state index contributed by atoms with van der Waals surface area (Å²) in [5, 5.41) is 3.82. The molecule has 0 bridgehead atoms. The maximum Gasteiger partial charge on any atom is 0.168 e. The van der Waals surface area contributed by atoms with Crippen LogP contribution in [0.15, 0.2) is 12.1 Å². The van der Waals surface area contributed by atoms with Crippen molar-refractivity contribution in [3.8, 4) is 5.75 Å². The van der Waals surface area contributed by atoms with Crippen LogP contribution >= 0.6 is 35.4 Å². The summed E-state index contributed by atoms with van der Waals surface area (Å²) >= 11 is 16.9. The molecular formula is C13H17Cl2N3O2S. The summed E-state index contributed by atoms with van der Waals surface area (Å²) in [6, 6.07) is 3.30. The Morgan fingerprint density at radius 2 is 2.00 bits per heavy atom. The van der Waals surface area contributed by atoms with Crippen LogP contribution in [0.25, 0.3) is 0 Å². The molecule has 116 valence electrons. The first-order valence-corrected chi connectivity index (χ1v) is 7.71. The summed E-state index contributed by atoms with van der Waals surface area (Å²) in [5.41, 5.74) is 6.10. The normalized spacial score (nSPS) is 15.7. The van der Waals surface area contributed by atoms with E-state index >= 15 is 0 Å². The number of benzene rings is 1. The Hall–Kier alpha value is -0.790. The average Bonchev–Trinajstić information content (AvgIpc) is 2.44. The van der Waals surface area contributed by atoms with Gasteiger partial charge in [0.15, 0.2) is 5.11 Å². The number of nitrogens with one attached hydrogen (secondary N) is 1. The zero-order valence-electron chi connectivity index (χ0n) is 11.4. The molecule has 0 atom stereocenters. The summed E-state index contributed by atoms with van der Waals surface area (Å²) in [5.74, 6) is 0.574. The number of halogens is 2. The van der Waals surface area contributed by atoms with Gasteiger partial charge in [-0.3, -0.25) is 4.90 Å². The molecule has 2 rings (SSSR count). The predicted molar refractivity (Wildman–Crippen MR) is 89.6 cm³/mol. The van der Waals surface area contributed by atoms with Crippen molar-refractivity contribution < 1.29 is 9.47 Å². The summed E-state index contributed by atoms with van der Waals surface area (Å²) in [6.45, 7) is 4.72. The molecule has 8 heteroatoms. The van der Waals surface area contributed by atoms with Gasteiger partial charge in [0.2, 0.25) is 0 Å². The maximum atomic E-state index is 6.02. The number of thiocarbonyl (C=S) groups is 1. The van der Waals surface area contributed by atoms with Crippen LogP contribution in [0.3, 0.4) is 0 Å². The van der Waals surface area contributed by atoms with Gasteiger partial charge in [0, 0.05) is 25.7 Å². The Morgan fingerprint density at radius 1 is 1.33 bits per heavy atom. The van der Waals surface area contributed by atoms with Crippen molar-refractivity contribution >= 4 is 46.2 Å². The second-order valence-electron chi connectivity index (χ2n) is 4.55. The average molecular weight is 350 g/mol. The van der Waals surface area contributed by atoms with Gasteiger partial charge < -0.3 is 20.5 Å². The number of morpholine rings is 1. The summed E-state index contributed by atoms with van der Waals surface area (Å²) in [7, 11) is 0. The topological polar surface area (TPSA) is 59.8 Å². The van der Waals surface area contributed by atoms with E-state index in [2.05, 4.69) is 10.2 Å². The SMILES string of the molecule is NC(=S)Nc1cc(Cl)c(Cl)cc1OCCN1CCOCC1. The molecule has 0 amide bonds. The van der Waals surface area contributed by atoms with E-state index in [0.717, 1.165) is 32.8 Å². The van der Waals surface area contributed by atoms with E-state index in [1.807, 2.05) is 0 Å². The van der Waals surface area contributed by atoms with E-state index in [9.17, 15) is 0 Å². The highest BCUT2D eigenvalue weighted by Crippen LogP contribution is 2.34. The maximum absolute atomic E-state index is 6.02. The molecule has 0 radical (unpaired) electrons. The first kappa shape index (κ1) is 16.6. The molecule has 1 aromatic carbocycles. The van der Waals surface area contributed by atoms with Crippen molar-refractivity contribution in [1.82, 2.24) is 4.90 Å². The monoisotopic (exact) mass is 349 g/mol. The number of anilines is 1. The molecule has 0 unspecified atom stereocenters. The van der Waals surface area contributed by atoms with Crippen molar-refractivity contribution in [2.75, 3.05) is 44.8 Å². The Kier molecular flexibility index (Phi) is 6.32. The number of nitrogens with zero attached hydrogens (tertiary/aromatic N) is 1. The van der Waals surface area contributed by atoms with Gasteiger partial charge in [-0.25, -0.2) is 0 Å². The summed E-state index contributed by atoms with van der Waals surface area (Å²) in [4.78, 5) is 2.28. The lowest BCUT2D eigenvalue weighted by Crippen LogP contribution is -2.38. The number of hydrogen-bond donors (Lipinski definition) is 2. The van der Waals surface area contributed by atoms with Gasteiger partial charge in [-0.05, 0) is 18.3 Å². The molecule has 5 nitrogen and oxygen atoms in total. The smallest absolute Gasteiger partial charge is 0.168 e. The van der Waals surface area contributed by atoms with Crippen LogP contribution in [0, 0.1) is 0 Å². The van der Waals surface area contributed by atoms with Gasteiger partial charge in [0.05, 0.1) is 28.9 Å². The van der Waals surface area contributed by atoms with Crippen LogP contribution < -0.4 is 15.8 Å². The Bertz CT molecular complexity index is 510. The van der Waals surface area contributed by atoms with Crippen molar-refractivity contribution in [2.45, 2.75) is 0 Å². The van der Waals surface area contributed by atoms with E-state index in [0.29, 0.717) is 28.1 Å². The first-order valence-electron chi connectivity index (χ1n) is 6.54. The predicted octanol–water partition coefficient (Wildman–Crippen LogP) is 2.36. The minimum Gasteiger partial charge on any atom is -0.490 e. The minimum atomic E-state index is 0.145. The second kappa shape index (κ2) is 8.00. The molecular weight excluding hydrogens is 333 g/mol. The van der Waals surface area contributed by atoms with Gasteiger partial charge in [0.1, 0.15) is 12.4 Å². The molecule has 21 heavy (non-hydrogen) atoms. The largest absolute Gasteiger partial charge is 0.490 e. The number of nitrogens with two attached hydrogens (primary N) is 1. The Labute approximate surface area is 139 Å². The van der Waals surface area contributed by atoms with Gasteiger partial charge in [-0.2, -0.15) is 0 Å². The van der Waals surface area contributed by atoms with Gasteiger partial charge in [0.25, 0.3) is 0 Å². The third-order valence-corrected chi connectivity index (χ3v) is 3.87. The zero-order chi connectivity index (χ0) is 15.2. The van der Waals surface area contributed by atoms with Crippen molar-refractivity contribution in [2.24, 2.45) is 5.73 Å². The lowest BCUT2D eigenvalue weighted by atomic mass is 10.3. The fourth-order valence-electron chi connectivity index (χ4n) is 1.99. The molecule has 0 aromatic heterocycles. The molecule has 1 fully saturated rings. The van der Waals surface area contributed by atoms with Crippen molar-refractivity contribution in [3.05, 3.63) is 22.2 Å². The Balaban J connectivity index is 1.97. The lowest BCUT2D eigenvalue weighted by molar-refractivity contribution is 0.0323. The molecule has 0 aliphatic carbocycles. The standard InChI is InChI=1S/C13H17Cl2N3O2S/c14-9-7-11(17-13(16)21)12(8-10(9)15)20-6-3-18-1-4-19-5-2-18/h7-8H,1-6H2,(H3,16,17,21). The Morgan fingerprint density at radius 3 is 2.67 bits per heavy atom. The van der Waals surface area contributed by atoms with E-state index in [-0.39, 0.29) is 5.11 Å². The highest BCUT2D eigenvalue weighted by atomic mass is 35.5. The van der Waals surface area contributed by atoms with Gasteiger partial charge in [-0.15, -0.1) is 0 Å². The third kappa shape index (κ3) is 5.16. The van der Waals surface area contributed by atoms with Crippen molar-refractivity contribution in [3.63, 3.8) is 0 Å². The second-order valence-corrected chi connectivity index (χ2v) is 5.81. The van der Waals surface area contributed by atoms with Crippen molar-refractivity contribution in [1.29, 1.82) is 0 Å². The van der Waals surface area contributed by atoms with Crippen LogP contribution in [0.2, 0.25) is 10.0 Å². The van der Waals surface area contributed by atoms with E-state index in [1.165, 1.54) is 0 Å². The number of ether oxygens (including phenoxy) is 2. The minimum absolute atomic E-state index is 0.145. The highest BCUT2D eigenvalue weighted by Gasteiger charge is 2.12. The fourth-order valence-corrected chi connectivity index (χ4v) is 2.42. The third-order valence-electron chi connectivity index (χ3n) is 3.05. The van der Waals surface area contributed by atoms with Crippen LogP contribution in [0.4, 0.5) is 5.69 Å². The molecule has 1 aliphatic rings. The van der Waals surface area contributed by atoms with Crippen LogP contribution in [-0.2, 0) is 4.74 Å². The van der Waals surface area contributed by atoms with Gasteiger partial charge >= 0.3 is 0 Å². The van der Waals surface area contributed by atoms with Crippen LogP contribution in [0.5, 0.6) is 5.75 Å². The number of hydrogen-bond acceptors (Lipinski definition) is 4. The van der Waals surface area contributed by atoms with Crippen LogP contribution in [-0.4, -0.2) is 49.5 Å². The van der Waals surface area contributed by atoms with Crippen LogP contribution in [0.1, 0.15) is 0 Å². The van der Waals surface area contributed by atoms with E-state index in [4.69, 9.17) is 50.6 Å². The summed E-state index contributed by atoms with van der Waals surface area (Å²) < 4.78 is 11.1. The van der Waals surface area contributed by atoms with Gasteiger partial charge in [-0.1, -0.05) is 23.2 Å². The molecule has 1 saturated heterocycles. The zero-order valence-corrected chi connectivity index (χ0v) is 13.7. The molecule has 1 aromatic rings. The summed E-state index contributed by atoms with van der Waals surface area (Å²) in [6.07, 6.45) is 0. The molecule has 0 saturated carbocycles. The fraction of sp³-hybridized carbons (Fsp3) is 0.462. The first-order chi connectivity index (χ1) is 10.1. The molecule has 1 heterocycles. The molecule has 0 spiro atoms. The molecule has 1 aliphatic heterocycles. The van der Waals surface area contributed by atoms with E-state index in [1.54, 1.807) is 12.1 Å². The lowest BCUT2D eigenvalue weighted by Gasteiger charge is -2.26. The highest BCUT2D eigenvalue weighted by molar-refractivity contribution is 7.80. The van der Waals surface area contributed by atoms with E-state index < -0.39 is 0 Å². The number of rotatable bonds is 5.